The molecule has 1 heterocycles. The maximum atomic E-state index is 13.0. The van der Waals surface area contributed by atoms with Crippen molar-refractivity contribution in [3.63, 3.8) is 0 Å². The van der Waals surface area contributed by atoms with Crippen LogP contribution < -0.4 is 5.32 Å². The molecule has 0 spiro atoms. The Bertz CT molecular complexity index is 1020. The van der Waals surface area contributed by atoms with Crippen LogP contribution in [0.25, 0.3) is 0 Å². The van der Waals surface area contributed by atoms with Gasteiger partial charge in [-0.3, -0.25) is 4.79 Å². The Balaban J connectivity index is 2.49. The molecule has 1 fully saturated rings. The van der Waals surface area contributed by atoms with Crippen molar-refractivity contribution in [2.75, 3.05) is 13.2 Å². The number of amides is 1. The van der Waals surface area contributed by atoms with Crippen LogP contribution in [0.4, 0.5) is 0 Å². The van der Waals surface area contributed by atoms with Gasteiger partial charge in [0.15, 0.2) is 6.29 Å². The fraction of sp³-hybridized carbons (Fsp3) is 0.800. The van der Waals surface area contributed by atoms with Gasteiger partial charge in [0.05, 0.1) is 25.4 Å². The van der Waals surface area contributed by atoms with Gasteiger partial charge in [-0.15, -0.1) is 0 Å². The lowest BCUT2D eigenvalue weighted by molar-refractivity contribution is -0.302. The van der Waals surface area contributed by atoms with Crippen LogP contribution in [-0.4, -0.2) is 98.7 Å². The van der Waals surface area contributed by atoms with Gasteiger partial charge in [0.1, 0.15) is 30.5 Å². The minimum atomic E-state index is -1.62. The number of nitrogens with one attached hydrogen (secondary N) is 1. The highest BCUT2D eigenvalue weighted by Crippen LogP contribution is 2.22. The van der Waals surface area contributed by atoms with E-state index in [0.717, 1.165) is 57.8 Å². The predicted octanol–water partition coefficient (Wildman–Crippen LogP) is 7.64. The van der Waals surface area contributed by atoms with Crippen LogP contribution in [0.15, 0.2) is 48.6 Å². The van der Waals surface area contributed by atoms with Crippen molar-refractivity contribution < 1.29 is 44.9 Å². The minimum absolute atomic E-state index is 0.290. The molecule has 1 amide bonds. The lowest BCUT2D eigenvalue weighted by atomic mass is 9.99. The number of aliphatic hydroxyl groups is 6. The van der Waals surface area contributed by atoms with Crippen molar-refractivity contribution in [1.82, 2.24) is 5.32 Å². The second-order valence-corrected chi connectivity index (χ2v) is 15.3. The SMILES string of the molecule is CCCCC/C=C\C/C=C\CCCCCCCCC(O)C(=O)NC(COC1OC(CO)C(O)C(O)C1O)C(O)/C=C/CC/C=C/CCCCCCCCCC. The van der Waals surface area contributed by atoms with Crippen LogP contribution in [0.2, 0.25) is 0 Å². The summed E-state index contributed by atoms with van der Waals surface area (Å²) in [6.45, 7) is 3.53. The van der Waals surface area contributed by atoms with Crippen LogP contribution >= 0.6 is 0 Å². The van der Waals surface area contributed by atoms with E-state index in [-0.39, 0.29) is 13.0 Å². The van der Waals surface area contributed by atoms with E-state index in [9.17, 15) is 35.4 Å². The number of hydrogen-bond donors (Lipinski definition) is 7. The fourth-order valence-electron chi connectivity index (χ4n) is 6.56. The molecule has 1 aliphatic heterocycles. The van der Waals surface area contributed by atoms with Gasteiger partial charge < -0.3 is 45.4 Å². The van der Waals surface area contributed by atoms with Crippen molar-refractivity contribution in [2.45, 2.75) is 217 Å². The standard InChI is InChI=1S/C45H81NO9/c1-3-5-7-9-11-13-15-17-19-20-22-24-26-28-30-32-34-39(49)44(53)46-37(36-54-45-43(52)42(51)41(50)40(35-47)55-45)38(48)33-31-29-27-25-23-21-18-16-14-12-10-8-6-4-2/h11,13,17,19,23,25,31,33,37-43,45,47-52H,3-10,12,14-16,18,20-22,24,26-30,32,34-36H2,1-2H3,(H,46,53)/b13-11-,19-17-,25-23+,33-31+. The van der Waals surface area contributed by atoms with Crippen LogP contribution in [0.1, 0.15) is 168 Å². The first kappa shape index (κ1) is 51.1. The third-order valence-corrected chi connectivity index (χ3v) is 10.2. The number of unbranched alkanes of at least 4 members (excludes halogenated alkanes) is 18. The molecule has 0 aromatic heterocycles. The second-order valence-electron chi connectivity index (χ2n) is 15.3. The van der Waals surface area contributed by atoms with Gasteiger partial charge in [-0.1, -0.05) is 152 Å². The molecule has 10 nitrogen and oxygen atoms in total. The highest BCUT2D eigenvalue weighted by Gasteiger charge is 2.44. The molecule has 8 unspecified atom stereocenters. The zero-order valence-electron chi connectivity index (χ0n) is 34.5. The Labute approximate surface area is 334 Å². The van der Waals surface area contributed by atoms with Gasteiger partial charge in [-0.2, -0.15) is 0 Å². The van der Waals surface area contributed by atoms with Crippen molar-refractivity contribution in [3.8, 4) is 0 Å². The summed E-state index contributed by atoms with van der Waals surface area (Å²) in [5.41, 5.74) is 0. The average molecular weight is 780 g/mol. The zero-order valence-corrected chi connectivity index (χ0v) is 34.5. The van der Waals surface area contributed by atoms with E-state index in [1.54, 1.807) is 6.08 Å². The first-order chi connectivity index (χ1) is 26.8. The first-order valence-corrected chi connectivity index (χ1v) is 22.0. The maximum Gasteiger partial charge on any atom is 0.249 e. The van der Waals surface area contributed by atoms with Gasteiger partial charge in [0.2, 0.25) is 5.91 Å². The van der Waals surface area contributed by atoms with E-state index in [4.69, 9.17) is 9.47 Å². The van der Waals surface area contributed by atoms with Gasteiger partial charge in [0.25, 0.3) is 0 Å². The van der Waals surface area contributed by atoms with E-state index >= 15 is 0 Å². The minimum Gasteiger partial charge on any atom is -0.394 e. The third-order valence-electron chi connectivity index (χ3n) is 10.2. The molecule has 0 saturated carbocycles. The summed E-state index contributed by atoms with van der Waals surface area (Å²) in [5.74, 6) is -0.638. The number of aliphatic hydroxyl groups excluding tert-OH is 6. The van der Waals surface area contributed by atoms with E-state index < -0.39 is 61.5 Å². The first-order valence-electron chi connectivity index (χ1n) is 22.0. The summed E-state index contributed by atoms with van der Waals surface area (Å²) >= 11 is 0. The molecular weight excluding hydrogens is 698 g/mol. The Morgan fingerprint density at radius 3 is 1.73 bits per heavy atom. The Morgan fingerprint density at radius 1 is 0.636 bits per heavy atom. The molecule has 0 aliphatic carbocycles. The van der Waals surface area contributed by atoms with Gasteiger partial charge in [0, 0.05) is 0 Å². The van der Waals surface area contributed by atoms with E-state index in [1.165, 1.54) is 77.0 Å². The Hall–Kier alpha value is -1.89. The van der Waals surface area contributed by atoms with E-state index in [1.807, 2.05) is 6.08 Å². The Morgan fingerprint density at radius 2 is 1.13 bits per heavy atom. The van der Waals surface area contributed by atoms with Crippen LogP contribution in [0.5, 0.6) is 0 Å². The maximum absolute atomic E-state index is 13.0. The van der Waals surface area contributed by atoms with Crippen molar-refractivity contribution in [3.05, 3.63) is 48.6 Å². The topological polar surface area (TPSA) is 169 Å². The highest BCUT2D eigenvalue weighted by atomic mass is 16.7. The molecule has 1 aliphatic rings. The number of hydrogen-bond acceptors (Lipinski definition) is 9. The molecule has 7 N–H and O–H groups in total. The number of carbonyl (C=O) groups is 1. The molecule has 8 atom stereocenters. The fourth-order valence-corrected chi connectivity index (χ4v) is 6.56. The predicted molar refractivity (Wildman–Crippen MR) is 222 cm³/mol. The highest BCUT2D eigenvalue weighted by molar-refractivity contribution is 5.80. The summed E-state index contributed by atoms with van der Waals surface area (Å²) in [6, 6.07) is -1.00. The average Bonchev–Trinajstić information content (AvgIpc) is 3.18. The summed E-state index contributed by atoms with van der Waals surface area (Å²) in [7, 11) is 0. The second kappa shape index (κ2) is 35.3. The molecule has 1 saturated heterocycles. The van der Waals surface area contributed by atoms with Crippen LogP contribution in [0.3, 0.4) is 0 Å². The number of ether oxygens (including phenoxy) is 2. The molecular formula is C45H81NO9. The summed E-state index contributed by atoms with van der Waals surface area (Å²) < 4.78 is 11.1. The summed E-state index contributed by atoms with van der Waals surface area (Å²) in [4.78, 5) is 13.0. The monoisotopic (exact) mass is 780 g/mol. The number of rotatable bonds is 35. The van der Waals surface area contributed by atoms with Gasteiger partial charge in [-0.25, -0.2) is 0 Å². The Kier molecular flexibility index (Phi) is 32.8. The van der Waals surface area contributed by atoms with E-state index in [2.05, 4.69) is 55.6 Å². The quantitative estimate of drug-likeness (QED) is 0.0253. The van der Waals surface area contributed by atoms with Crippen LogP contribution in [0, 0.1) is 0 Å². The number of carbonyl (C=O) groups excluding carboxylic acids is 1. The summed E-state index contributed by atoms with van der Waals surface area (Å²) in [5, 5.41) is 64.5. The molecule has 320 valence electrons. The molecule has 10 heteroatoms. The molecule has 0 radical (unpaired) electrons. The summed E-state index contributed by atoms with van der Waals surface area (Å²) in [6.07, 6.45) is 33.3. The lowest BCUT2D eigenvalue weighted by Crippen LogP contribution is -2.60. The smallest absolute Gasteiger partial charge is 0.249 e. The molecule has 55 heavy (non-hydrogen) atoms. The molecule has 0 aromatic rings. The van der Waals surface area contributed by atoms with Crippen LogP contribution in [-0.2, 0) is 14.3 Å². The van der Waals surface area contributed by atoms with Gasteiger partial charge >= 0.3 is 0 Å². The van der Waals surface area contributed by atoms with Crippen molar-refractivity contribution >= 4 is 5.91 Å². The normalized spacial score (nSPS) is 22.4. The molecule has 1 rings (SSSR count). The van der Waals surface area contributed by atoms with Crippen molar-refractivity contribution in [2.24, 2.45) is 0 Å². The zero-order chi connectivity index (χ0) is 40.4. The van der Waals surface area contributed by atoms with E-state index in [0.29, 0.717) is 12.8 Å². The molecule has 0 aromatic carbocycles. The largest absolute Gasteiger partial charge is 0.394 e. The third kappa shape index (κ3) is 25.9. The van der Waals surface area contributed by atoms with Gasteiger partial charge in [-0.05, 0) is 64.2 Å². The molecule has 0 bridgehead atoms. The van der Waals surface area contributed by atoms with Crippen molar-refractivity contribution in [1.29, 1.82) is 0 Å². The number of allylic oxidation sites excluding steroid dienone is 7. The lowest BCUT2D eigenvalue weighted by Gasteiger charge is -2.40.